The first-order valence-electron chi connectivity index (χ1n) is 4.56. The van der Waals surface area contributed by atoms with Crippen LogP contribution in [0.1, 0.15) is 18.1 Å². The fourth-order valence-corrected chi connectivity index (χ4v) is 1.22. The van der Waals surface area contributed by atoms with Gasteiger partial charge in [0, 0.05) is 6.42 Å². The summed E-state index contributed by atoms with van der Waals surface area (Å²) in [5.74, 6) is -0.614. The van der Waals surface area contributed by atoms with Gasteiger partial charge in [0.15, 0.2) is 0 Å². The zero-order chi connectivity index (χ0) is 12.3. The molecule has 16 heavy (non-hydrogen) atoms. The van der Waals surface area contributed by atoms with Crippen LogP contribution < -0.4 is 5.73 Å². The maximum absolute atomic E-state index is 12.7. The van der Waals surface area contributed by atoms with Crippen molar-refractivity contribution in [1.29, 1.82) is 0 Å². The molecule has 6 heteroatoms. The van der Waals surface area contributed by atoms with Crippen LogP contribution >= 0.6 is 0 Å². The van der Waals surface area contributed by atoms with Crippen molar-refractivity contribution >= 4 is 0 Å². The highest BCUT2D eigenvalue weighted by molar-refractivity contribution is 5.18. The molecule has 2 nitrogen and oxygen atoms in total. The molecule has 0 heterocycles. The Kier molecular flexibility index (Phi) is 3.88. The zero-order valence-electron chi connectivity index (χ0n) is 8.21. The van der Waals surface area contributed by atoms with E-state index in [1.807, 2.05) is 0 Å². The summed E-state index contributed by atoms with van der Waals surface area (Å²) < 4.78 is 49.0. The first-order chi connectivity index (χ1) is 7.30. The Morgan fingerprint density at radius 1 is 1.31 bits per heavy atom. The number of halogens is 4. The van der Waals surface area contributed by atoms with Gasteiger partial charge in [-0.25, -0.2) is 4.39 Å². The minimum absolute atomic E-state index is 0.0831. The molecule has 0 radical (unpaired) electrons. The molecule has 0 aromatic heterocycles. The van der Waals surface area contributed by atoms with Gasteiger partial charge >= 0.3 is 6.18 Å². The van der Waals surface area contributed by atoms with E-state index in [4.69, 9.17) is 5.73 Å². The number of alkyl halides is 3. The summed E-state index contributed by atoms with van der Waals surface area (Å²) in [6, 6.07) is 2.66. The minimum Gasteiger partial charge on any atom is -0.388 e. The summed E-state index contributed by atoms with van der Waals surface area (Å²) in [4.78, 5) is 0. The predicted molar refractivity (Wildman–Crippen MR) is 50.0 cm³/mol. The van der Waals surface area contributed by atoms with Gasteiger partial charge in [0.1, 0.15) is 11.9 Å². The first-order valence-corrected chi connectivity index (χ1v) is 4.56. The molecule has 0 aliphatic carbocycles. The van der Waals surface area contributed by atoms with Crippen LogP contribution in [0, 0.1) is 5.82 Å². The van der Waals surface area contributed by atoms with Crippen LogP contribution in [0.15, 0.2) is 24.3 Å². The molecule has 2 unspecified atom stereocenters. The molecule has 0 amide bonds. The van der Waals surface area contributed by atoms with Crippen LogP contribution in [0.2, 0.25) is 0 Å². The van der Waals surface area contributed by atoms with Crippen molar-refractivity contribution in [3.8, 4) is 0 Å². The second-order valence-electron chi connectivity index (χ2n) is 3.45. The molecule has 0 saturated heterocycles. The van der Waals surface area contributed by atoms with Gasteiger partial charge in [-0.15, -0.1) is 0 Å². The number of hydrogen-bond donors (Lipinski definition) is 2. The Hall–Kier alpha value is -1.14. The summed E-state index contributed by atoms with van der Waals surface area (Å²) in [6.45, 7) is 0. The summed E-state index contributed by atoms with van der Waals surface area (Å²) in [5.41, 5.74) is 4.93. The van der Waals surface area contributed by atoms with Crippen LogP contribution in [0.4, 0.5) is 17.6 Å². The Bertz CT molecular complexity index is 353. The topological polar surface area (TPSA) is 46.2 Å². The molecular weight excluding hydrogens is 226 g/mol. The van der Waals surface area contributed by atoms with Gasteiger partial charge < -0.3 is 10.8 Å². The molecular formula is C10H11F4NO. The highest BCUT2D eigenvalue weighted by Crippen LogP contribution is 2.26. The minimum atomic E-state index is -4.56. The number of benzene rings is 1. The second kappa shape index (κ2) is 4.80. The Balaban J connectivity index is 2.69. The van der Waals surface area contributed by atoms with E-state index < -0.39 is 30.6 Å². The van der Waals surface area contributed by atoms with Crippen molar-refractivity contribution in [2.24, 2.45) is 5.73 Å². The van der Waals surface area contributed by atoms with Crippen molar-refractivity contribution in [3.05, 3.63) is 35.6 Å². The summed E-state index contributed by atoms with van der Waals surface area (Å²) in [5, 5.41) is 9.43. The van der Waals surface area contributed by atoms with Crippen LogP contribution in [0.3, 0.4) is 0 Å². The van der Waals surface area contributed by atoms with E-state index in [9.17, 15) is 22.7 Å². The maximum Gasteiger partial charge on any atom is 0.403 e. The third-order valence-electron chi connectivity index (χ3n) is 2.13. The van der Waals surface area contributed by atoms with Gasteiger partial charge in [-0.05, 0) is 17.7 Å². The van der Waals surface area contributed by atoms with E-state index in [1.165, 1.54) is 12.1 Å². The number of aliphatic hydroxyl groups excluding tert-OH is 1. The monoisotopic (exact) mass is 237 g/mol. The molecule has 0 spiro atoms. The molecule has 3 N–H and O–H groups in total. The van der Waals surface area contributed by atoms with E-state index in [2.05, 4.69) is 0 Å². The number of nitrogens with two attached hydrogens (primary N) is 1. The number of rotatable bonds is 3. The SMILES string of the molecule is NC(CC(O)c1cccc(F)c1)C(F)(F)F. The lowest BCUT2D eigenvalue weighted by molar-refractivity contribution is -0.153. The van der Waals surface area contributed by atoms with Crippen LogP contribution in [-0.4, -0.2) is 17.3 Å². The van der Waals surface area contributed by atoms with Gasteiger partial charge in [0.05, 0.1) is 6.10 Å². The molecule has 2 atom stereocenters. The largest absolute Gasteiger partial charge is 0.403 e. The maximum atomic E-state index is 12.7. The van der Waals surface area contributed by atoms with Crippen molar-refractivity contribution in [1.82, 2.24) is 0 Å². The van der Waals surface area contributed by atoms with Crippen LogP contribution in [0.25, 0.3) is 0 Å². The smallest absolute Gasteiger partial charge is 0.388 e. The van der Waals surface area contributed by atoms with Gasteiger partial charge in [-0.3, -0.25) is 0 Å². The molecule has 0 aliphatic heterocycles. The van der Waals surface area contributed by atoms with Gasteiger partial charge in [0.2, 0.25) is 0 Å². The molecule has 0 aliphatic rings. The predicted octanol–water partition coefficient (Wildman–Crippen LogP) is 2.14. The van der Waals surface area contributed by atoms with E-state index in [0.717, 1.165) is 12.1 Å². The van der Waals surface area contributed by atoms with Crippen molar-refractivity contribution in [2.75, 3.05) is 0 Å². The van der Waals surface area contributed by atoms with Crippen LogP contribution in [-0.2, 0) is 0 Å². The Morgan fingerprint density at radius 2 is 1.94 bits per heavy atom. The molecule has 1 aromatic carbocycles. The number of aliphatic hydroxyl groups is 1. The summed E-state index contributed by atoms with van der Waals surface area (Å²) in [6.07, 6.45) is -6.67. The Morgan fingerprint density at radius 3 is 2.44 bits per heavy atom. The third-order valence-corrected chi connectivity index (χ3v) is 2.13. The zero-order valence-corrected chi connectivity index (χ0v) is 8.21. The molecule has 0 fully saturated rings. The fraction of sp³-hybridized carbons (Fsp3) is 0.400. The lowest BCUT2D eigenvalue weighted by Crippen LogP contribution is -2.38. The van der Waals surface area contributed by atoms with Gasteiger partial charge in [-0.1, -0.05) is 12.1 Å². The van der Waals surface area contributed by atoms with Gasteiger partial charge in [0.25, 0.3) is 0 Å². The average molecular weight is 237 g/mol. The Labute approximate surface area is 89.7 Å². The van der Waals surface area contributed by atoms with Crippen molar-refractivity contribution in [3.63, 3.8) is 0 Å². The standard InChI is InChI=1S/C10H11F4NO/c11-7-3-1-2-6(4-7)8(16)5-9(15)10(12,13)14/h1-4,8-9,16H,5,15H2. The molecule has 0 bridgehead atoms. The van der Waals surface area contributed by atoms with Crippen molar-refractivity contribution < 1.29 is 22.7 Å². The molecule has 1 aromatic rings. The summed E-state index contributed by atoms with van der Waals surface area (Å²) in [7, 11) is 0. The highest BCUT2D eigenvalue weighted by atomic mass is 19.4. The first kappa shape index (κ1) is 12.9. The molecule has 90 valence electrons. The lowest BCUT2D eigenvalue weighted by atomic mass is 10.0. The van der Waals surface area contributed by atoms with Gasteiger partial charge in [-0.2, -0.15) is 13.2 Å². The molecule has 0 saturated carbocycles. The number of hydrogen-bond acceptors (Lipinski definition) is 2. The average Bonchev–Trinajstić information content (AvgIpc) is 2.16. The summed E-state index contributed by atoms with van der Waals surface area (Å²) >= 11 is 0. The van der Waals surface area contributed by atoms with E-state index in [1.54, 1.807) is 0 Å². The third kappa shape index (κ3) is 3.46. The highest BCUT2D eigenvalue weighted by Gasteiger charge is 2.37. The van der Waals surface area contributed by atoms with Crippen molar-refractivity contribution in [2.45, 2.75) is 24.7 Å². The fourth-order valence-electron chi connectivity index (χ4n) is 1.22. The lowest BCUT2D eigenvalue weighted by Gasteiger charge is -2.19. The van der Waals surface area contributed by atoms with E-state index >= 15 is 0 Å². The second-order valence-corrected chi connectivity index (χ2v) is 3.45. The molecule has 1 rings (SSSR count). The quantitative estimate of drug-likeness (QED) is 0.791. The van der Waals surface area contributed by atoms with E-state index in [0.29, 0.717) is 0 Å². The van der Waals surface area contributed by atoms with E-state index in [-0.39, 0.29) is 5.56 Å². The normalized spacial score (nSPS) is 15.9. The van der Waals surface area contributed by atoms with Crippen LogP contribution in [0.5, 0.6) is 0 Å².